The number of ether oxygens (including phenoxy) is 1. The third kappa shape index (κ3) is 5.61. The number of halogens is 3. The van der Waals surface area contributed by atoms with Crippen LogP contribution in [0.15, 0.2) is 71.7 Å². The van der Waals surface area contributed by atoms with Gasteiger partial charge >= 0.3 is 12.1 Å². The number of hydrogen-bond acceptors (Lipinski definition) is 5. The molecule has 11 heteroatoms. The van der Waals surface area contributed by atoms with Crippen LogP contribution >= 0.6 is 0 Å². The van der Waals surface area contributed by atoms with Crippen molar-refractivity contribution in [2.24, 2.45) is 5.73 Å². The zero-order valence-electron chi connectivity index (χ0n) is 19.3. The first-order chi connectivity index (χ1) is 17.5. The van der Waals surface area contributed by atoms with E-state index in [1.807, 2.05) is 0 Å². The van der Waals surface area contributed by atoms with E-state index in [4.69, 9.17) is 11.1 Å². The molecule has 0 bridgehead atoms. The maximum absolute atomic E-state index is 13.0. The Morgan fingerprint density at radius 3 is 2.38 bits per heavy atom. The van der Waals surface area contributed by atoms with Crippen LogP contribution in [0.1, 0.15) is 27.9 Å². The molecule has 0 saturated heterocycles. The highest BCUT2D eigenvalue weighted by molar-refractivity contribution is 6.00. The van der Waals surface area contributed by atoms with E-state index in [1.54, 1.807) is 41.3 Å². The maximum atomic E-state index is 13.0. The quantitative estimate of drug-likeness (QED) is 0.209. The number of alkyl halides is 3. The Kier molecular flexibility index (Phi) is 6.96. The third-order valence-corrected chi connectivity index (χ3v) is 5.81. The third-order valence-electron chi connectivity index (χ3n) is 5.81. The van der Waals surface area contributed by atoms with Crippen LogP contribution in [0.3, 0.4) is 0 Å². The van der Waals surface area contributed by atoms with Gasteiger partial charge in [0.15, 0.2) is 0 Å². The highest BCUT2D eigenvalue weighted by atomic mass is 19.4. The Labute approximate surface area is 208 Å². The average Bonchev–Trinajstić information content (AvgIpc) is 2.88. The van der Waals surface area contributed by atoms with E-state index in [0.717, 1.165) is 5.56 Å². The highest BCUT2D eigenvalue weighted by Gasteiger charge is 2.42. The molecule has 2 heterocycles. The zero-order chi connectivity index (χ0) is 26.7. The number of benzene rings is 2. The second-order valence-corrected chi connectivity index (χ2v) is 8.23. The molecule has 0 spiro atoms. The van der Waals surface area contributed by atoms with Crippen LogP contribution in [-0.4, -0.2) is 46.9 Å². The normalized spacial score (nSPS) is 13.6. The molecular weight excluding hydrogens is 489 g/mol. The van der Waals surface area contributed by atoms with Crippen LogP contribution in [0.5, 0.6) is 5.75 Å². The Balaban J connectivity index is 1.54. The lowest BCUT2D eigenvalue weighted by Crippen LogP contribution is -2.34. The molecule has 4 rings (SSSR count). The summed E-state index contributed by atoms with van der Waals surface area (Å²) in [5.74, 6) is -3.66. The number of para-hydroxylation sites is 1. The summed E-state index contributed by atoms with van der Waals surface area (Å²) in [6.45, 7) is 0.429. The number of esters is 1. The number of rotatable bonds is 5. The molecule has 1 amide bonds. The summed E-state index contributed by atoms with van der Waals surface area (Å²) >= 11 is 0. The van der Waals surface area contributed by atoms with E-state index in [1.165, 1.54) is 30.5 Å². The molecule has 0 radical (unpaired) electrons. The van der Waals surface area contributed by atoms with Gasteiger partial charge in [0.2, 0.25) is 5.56 Å². The molecule has 2 aromatic carbocycles. The van der Waals surface area contributed by atoms with Gasteiger partial charge in [-0.1, -0.05) is 30.3 Å². The van der Waals surface area contributed by atoms with Crippen molar-refractivity contribution in [2.75, 3.05) is 13.1 Å². The van der Waals surface area contributed by atoms with Crippen molar-refractivity contribution in [1.82, 2.24) is 9.88 Å². The minimum atomic E-state index is -5.23. The first kappa shape index (κ1) is 25.4. The fourth-order valence-electron chi connectivity index (χ4n) is 3.97. The van der Waals surface area contributed by atoms with Crippen LogP contribution in [-0.2, 0) is 4.79 Å². The Hall–Kier alpha value is -4.67. The van der Waals surface area contributed by atoms with Gasteiger partial charge in [-0.05, 0) is 47.4 Å². The molecule has 0 fully saturated rings. The SMILES string of the molecule is N=C(N)c1cccc(C2=CCN(C(=O)c3ccc(-c4cc[nH]c(=O)c4)cc3)CC2)c1OC(=O)C(F)(F)F. The molecule has 1 aliphatic heterocycles. The van der Waals surface area contributed by atoms with Crippen molar-refractivity contribution in [3.63, 3.8) is 0 Å². The number of hydrogen-bond donors (Lipinski definition) is 3. The van der Waals surface area contributed by atoms with Gasteiger partial charge in [-0.3, -0.25) is 15.0 Å². The van der Waals surface area contributed by atoms with E-state index in [-0.39, 0.29) is 42.1 Å². The van der Waals surface area contributed by atoms with Crippen molar-refractivity contribution >= 4 is 23.3 Å². The van der Waals surface area contributed by atoms with Crippen LogP contribution in [0.25, 0.3) is 16.7 Å². The van der Waals surface area contributed by atoms with Gasteiger partial charge in [-0.15, -0.1) is 0 Å². The summed E-state index contributed by atoms with van der Waals surface area (Å²) in [6, 6.07) is 14.3. The van der Waals surface area contributed by atoms with E-state index in [2.05, 4.69) is 9.72 Å². The van der Waals surface area contributed by atoms with Crippen LogP contribution < -0.4 is 16.0 Å². The van der Waals surface area contributed by atoms with E-state index in [9.17, 15) is 27.6 Å². The number of amidine groups is 1. The highest BCUT2D eigenvalue weighted by Crippen LogP contribution is 2.35. The first-order valence-corrected chi connectivity index (χ1v) is 11.1. The fraction of sp³-hybridized carbons (Fsp3) is 0.154. The number of carbonyl (C=O) groups excluding carboxylic acids is 2. The van der Waals surface area contributed by atoms with Gasteiger partial charge in [0.05, 0.1) is 5.56 Å². The predicted octanol–water partition coefficient (Wildman–Crippen LogP) is 3.72. The molecule has 0 unspecified atom stereocenters. The summed E-state index contributed by atoms with van der Waals surface area (Å²) < 4.78 is 43.2. The van der Waals surface area contributed by atoms with E-state index >= 15 is 0 Å². The summed E-state index contributed by atoms with van der Waals surface area (Å²) in [7, 11) is 0. The van der Waals surface area contributed by atoms with E-state index < -0.39 is 23.7 Å². The number of nitrogen functional groups attached to an aromatic ring is 1. The molecule has 190 valence electrons. The minimum absolute atomic E-state index is 0.144. The molecular formula is C26H21F3N4O4. The number of nitrogens with zero attached hydrogens (tertiary/aromatic N) is 1. The van der Waals surface area contributed by atoms with Gasteiger partial charge in [0.1, 0.15) is 11.6 Å². The maximum Gasteiger partial charge on any atom is 0.491 e. The Bertz CT molecular complexity index is 1460. The summed E-state index contributed by atoms with van der Waals surface area (Å²) in [4.78, 5) is 40.2. The van der Waals surface area contributed by atoms with Gasteiger partial charge in [0, 0.05) is 36.5 Å². The molecule has 1 aliphatic rings. The molecule has 4 N–H and O–H groups in total. The number of aromatic amines is 1. The molecule has 0 atom stereocenters. The molecule has 8 nitrogen and oxygen atoms in total. The first-order valence-electron chi connectivity index (χ1n) is 11.1. The van der Waals surface area contributed by atoms with Crippen molar-refractivity contribution in [2.45, 2.75) is 12.6 Å². The lowest BCUT2D eigenvalue weighted by atomic mass is 9.95. The molecule has 1 aromatic heterocycles. The standard InChI is InChI=1S/C26H21F3N4O4/c27-26(28,29)25(36)37-22-19(2-1-3-20(22)23(30)31)16-9-12-33(13-10-16)24(35)17-6-4-15(5-7-17)18-8-11-32-21(34)14-18/h1-9,11,14H,10,12-13H2,(H3,30,31)(H,32,34). The van der Waals surface area contributed by atoms with E-state index in [0.29, 0.717) is 16.7 Å². The number of nitrogens with one attached hydrogen (secondary N) is 2. The molecule has 3 aromatic rings. The van der Waals surface area contributed by atoms with Gasteiger partial charge in [-0.25, -0.2) is 4.79 Å². The largest absolute Gasteiger partial charge is 0.491 e. The molecule has 0 saturated carbocycles. The monoisotopic (exact) mass is 510 g/mol. The van der Waals surface area contributed by atoms with Crippen LogP contribution in [0, 0.1) is 5.41 Å². The lowest BCUT2D eigenvalue weighted by Gasteiger charge is -2.27. The van der Waals surface area contributed by atoms with Crippen molar-refractivity contribution in [1.29, 1.82) is 5.41 Å². The minimum Gasteiger partial charge on any atom is -0.418 e. The summed E-state index contributed by atoms with van der Waals surface area (Å²) in [5, 5.41) is 7.67. The number of H-pyrrole nitrogens is 1. The predicted molar refractivity (Wildman–Crippen MR) is 130 cm³/mol. The fourth-order valence-corrected chi connectivity index (χ4v) is 3.97. The molecule has 0 aliphatic carbocycles. The summed E-state index contributed by atoms with van der Waals surface area (Å²) in [5.41, 5.74) is 7.79. The van der Waals surface area contributed by atoms with Gasteiger partial charge in [-0.2, -0.15) is 13.2 Å². The number of amides is 1. The average molecular weight is 510 g/mol. The lowest BCUT2D eigenvalue weighted by molar-refractivity contribution is -0.189. The van der Waals surface area contributed by atoms with Gasteiger partial charge in [0.25, 0.3) is 5.91 Å². The zero-order valence-corrected chi connectivity index (χ0v) is 19.3. The topological polar surface area (TPSA) is 129 Å². The van der Waals surface area contributed by atoms with Crippen molar-refractivity contribution in [3.8, 4) is 16.9 Å². The second kappa shape index (κ2) is 10.1. The summed E-state index contributed by atoms with van der Waals surface area (Å²) in [6.07, 6.45) is -1.75. The molecule has 37 heavy (non-hydrogen) atoms. The Morgan fingerprint density at radius 1 is 1.05 bits per heavy atom. The van der Waals surface area contributed by atoms with Crippen LogP contribution in [0.4, 0.5) is 13.2 Å². The van der Waals surface area contributed by atoms with Crippen molar-refractivity contribution in [3.05, 3.63) is 93.9 Å². The Morgan fingerprint density at radius 2 is 1.78 bits per heavy atom. The smallest absolute Gasteiger partial charge is 0.418 e. The number of pyridine rings is 1. The number of aromatic nitrogens is 1. The number of nitrogens with two attached hydrogens (primary N) is 1. The van der Waals surface area contributed by atoms with Gasteiger partial charge < -0.3 is 20.4 Å². The van der Waals surface area contributed by atoms with Crippen LogP contribution in [0.2, 0.25) is 0 Å². The second-order valence-electron chi connectivity index (χ2n) is 8.23. The van der Waals surface area contributed by atoms with Crippen molar-refractivity contribution < 1.29 is 27.5 Å². The number of carbonyl (C=O) groups is 2.